The van der Waals surface area contributed by atoms with E-state index in [1.54, 1.807) is 0 Å². The van der Waals surface area contributed by atoms with Gasteiger partial charge >= 0.3 is 5.97 Å². The molecule has 0 spiro atoms. The molecule has 0 unspecified atom stereocenters. The van der Waals surface area contributed by atoms with E-state index in [1.807, 2.05) is 13.0 Å². The third kappa shape index (κ3) is 6.83. The Morgan fingerprint density at radius 3 is 2.00 bits per heavy atom. The minimum Gasteiger partial charge on any atom is -0.508 e. The molecule has 0 aromatic heterocycles. The first-order valence-corrected chi connectivity index (χ1v) is 7.59. The molecular weight excluding hydrogens is 264 g/mol. The van der Waals surface area contributed by atoms with E-state index in [0.29, 0.717) is 12.2 Å². The van der Waals surface area contributed by atoms with Crippen LogP contribution in [0.5, 0.6) is 0 Å². The first-order chi connectivity index (χ1) is 9.41. The third-order valence-electron chi connectivity index (χ3n) is 3.70. The number of aliphatic hydroxyl groups excluding tert-OH is 1. The zero-order chi connectivity index (χ0) is 16.8. The number of unbranched alkanes of at least 4 members (excludes halogenated alkanes) is 1. The molecule has 0 aromatic carbocycles. The summed E-state index contributed by atoms with van der Waals surface area (Å²) in [5, 5.41) is 10.6. The van der Waals surface area contributed by atoms with E-state index in [0.717, 1.165) is 24.0 Å². The molecule has 0 heterocycles. The maximum Gasteiger partial charge on any atom is 0.305 e. The van der Waals surface area contributed by atoms with E-state index < -0.39 is 0 Å². The fourth-order valence-electron chi connectivity index (χ4n) is 1.91. The molecule has 0 bridgehead atoms. The lowest BCUT2D eigenvalue weighted by Gasteiger charge is -2.28. The van der Waals surface area contributed by atoms with E-state index in [2.05, 4.69) is 46.3 Å². The molecule has 0 atom stereocenters. The Kier molecular flexibility index (Phi) is 7.21. The van der Waals surface area contributed by atoms with Gasteiger partial charge in [-0.2, -0.15) is 0 Å². The van der Waals surface area contributed by atoms with Gasteiger partial charge in [-0.05, 0) is 41.7 Å². The van der Waals surface area contributed by atoms with Crippen LogP contribution in [0, 0.1) is 10.8 Å². The first kappa shape index (κ1) is 19.8. The highest BCUT2D eigenvalue weighted by Gasteiger charge is 2.25. The zero-order valence-electron chi connectivity index (χ0n) is 15.0. The summed E-state index contributed by atoms with van der Waals surface area (Å²) in [5.74, 6) is 0.194. The van der Waals surface area contributed by atoms with Crippen molar-refractivity contribution in [2.45, 2.75) is 67.7 Å². The highest BCUT2D eigenvalue weighted by atomic mass is 16.5. The molecule has 1 N–H and O–H groups in total. The quantitative estimate of drug-likeness (QED) is 0.329. The van der Waals surface area contributed by atoms with Gasteiger partial charge in [0, 0.05) is 6.42 Å². The fraction of sp³-hybridized carbons (Fsp3) is 0.722. The largest absolute Gasteiger partial charge is 0.508 e. The van der Waals surface area contributed by atoms with Gasteiger partial charge in [0.2, 0.25) is 0 Å². The number of aliphatic hydroxyl groups is 1. The average Bonchev–Trinajstić information content (AvgIpc) is 2.33. The van der Waals surface area contributed by atoms with Gasteiger partial charge < -0.3 is 9.84 Å². The van der Waals surface area contributed by atoms with Crippen LogP contribution in [0.3, 0.4) is 0 Å². The van der Waals surface area contributed by atoms with Gasteiger partial charge in [-0.25, -0.2) is 0 Å². The average molecular weight is 296 g/mol. The molecule has 0 saturated heterocycles. The van der Waals surface area contributed by atoms with Crippen LogP contribution in [0.4, 0.5) is 0 Å². The van der Waals surface area contributed by atoms with Gasteiger partial charge in [0.15, 0.2) is 0 Å². The van der Waals surface area contributed by atoms with Gasteiger partial charge in [-0.1, -0.05) is 47.6 Å². The lowest BCUT2D eigenvalue weighted by atomic mass is 9.79. The van der Waals surface area contributed by atoms with Crippen LogP contribution in [-0.2, 0) is 9.53 Å². The monoisotopic (exact) mass is 296 g/mol. The molecule has 3 nitrogen and oxygen atoms in total. The van der Waals surface area contributed by atoms with Crippen molar-refractivity contribution in [1.29, 1.82) is 0 Å². The summed E-state index contributed by atoms with van der Waals surface area (Å²) in [7, 11) is 1.40. The maximum atomic E-state index is 11.1. The number of hydrogen-bond donors (Lipinski definition) is 1. The Morgan fingerprint density at radius 1 is 1.10 bits per heavy atom. The number of carbonyl (C=O) groups excluding carboxylic acids is 1. The predicted octanol–water partition coefficient (Wildman–Crippen LogP) is 5.18. The second-order valence-electron chi connectivity index (χ2n) is 7.56. The highest BCUT2D eigenvalue weighted by Crippen LogP contribution is 2.36. The van der Waals surface area contributed by atoms with Crippen LogP contribution in [0.25, 0.3) is 0 Å². The number of allylic oxidation sites excluding steroid dienone is 3. The number of ether oxygens (including phenoxy) is 1. The van der Waals surface area contributed by atoms with E-state index in [9.17, 15) is 9.90 Å². The Hall–Kier alpha value is -1.25. The minimum absolute atomic E-state index is 0.0690. The normalized spacial score (nSPS) is 14.8. The van der Waals surface area contributed by atoms with Gasteiger partial charge in [-0.15, -0.1) is 0 Å². The summed E-state index contributed by atoms with van der Waals surface area (Å²) < 4.78 is 4.64. The first-order valence-electron chi connectivity index (χ1n) is 7.59. The molecule has 122 valence electrons. The molecule has 0 aliphatic heterocycles. The molecule has 0 radical (unpaired) electrons. The molecule has 0 saturated carbocycles. The molecule has 0 aliphatic rings. The van der Waals surface area contributed by atoms with Crippen molar-refractivity contribution < 1.29 is 14.6 Å². The number of hydrogen-bond acceptors (Lipinski definition) is 3. The van der Waals surface area contributed by atoms with Gasteiger partial charge in [-0.3, -0.25) is 4.79 Å². The van der Waals surface area contributed by atoms with Crippen LogP contribution in [0.2, 0.25) is 0 Å². The second-order valence-corrected chi connectivity index (χ2v) is 7.56. The molecule has 0 aromatic rings. The van der Waals surface area contributed by atoms with Crippen molar-refractivity contribution in [3.8, 4) is 0 Å². The molecule has 0 amide bonds. The van der Waals surface area contributed by atoms with E-state index in [4.69, 9.17) is 0 Å². The molecular formula is C18H32O3. The van der Waals surface area contributed by atoms with Crippen molar-refractivity contribution in [3.05, 3.63) is 23.0 Å². The van der Waals surface area contributed by atoms with Crippen LogP contribution in [-0.4, -0.2) is 18.2 Å². The SMILES string of the molecule is COC(=O)CCC/C=C(\C(O)=C(/C)C(C)(C)C)C(C)(C)C. The summed E-state index contributed by atoms with van der Waals surface area (Å²) in [6, 6.07) is 0. The van der Waals surface area contributed by atoms with Crippen molar-refractivity contribution in [2.75, 3.05) is 7.11 Å². The smallest absolute Gasteiger partial charge is 0.305 e. The van der Waals surface area contributed by atoms with Crippen molar-refractivity contribution in [2.24, 2.45) is 10.8 Å². The molecule has 0 aliphatic carbocycles. The predicted molar refractivity (Wildman–Crippen MR) is 88.2 cm³/mol. The number of esters is 1. The van der Waals surface area contributed by atoms with Gasteiger partial charge in [0.1, 0.15) is 5.76 Å². The zero-order valence-corrected chi connectivity index (χ0v) is 15.0. The van der Waals surface area contributed by atoms with E-state index in [1.165, 1.54) is 7.11 Å². The number of rotatable bonds is 5. The Balaban J connectivity index is 5.20. The standard InChI is InChI=1S/C18H32O3/c1-13(17(2,3)4)16(20)14(18(5,6)7)11-9-10-12-15(19)21-8/h11,20H,9-10,12H2,1-8H3/b14-11+,16-13-. The van der Waals surface area contributed by atoms with Gasteiger partial charge in [0.05, 0.1) is 7.11 Å². The lowest BCUT2D eigenvalue weighted by molar-refractivity contribution is -0.140. The highest BCUT2D eigenvalue weighted by molar-refractivity contribution is 5.69. The summed E-state index contributed by atoms with van der Waals surface area (Å²) >= 11 is 0. The Labute approximate surface area is 130 Å². The molecule has 21 heavy (non-hydrogen) atoms. The third-order valence-corrected chi connectivity index (χ3v) is 3.70. The van der Waals surface area contributed by atoms with Crippen molar-refractivity contribution >= 4 is 5.97 Å². The summed E-state index contributed by atoms with van der Waals surface area (Å²) in [4.78, 5) is 11.1. The topological polar surface area (TPSA) is 46.5 Å². The molecule has 0 rings (SSSR count). The van der Waals surface area contributed by atoms with Crippen molar-refractivity contribution in [1.82, 2.24) is 0 Å². The fourth-order valence-corrected chi connectivity index (χ4v) is 1.91. The maximum absolute atomic E-state index is 11.1. The van der Waals surface area contributed by atoms with Crippen LogP contribution in [0.1, 0.15) is 67.7 Å². The van der Waals surface area contributed by atoms with E-state index >= 15 is 0 Å². The second kappa shape index (κ2) is 7.67. The Bertz CT molecular complexity index is 415. The number of carbonyl (C=O) groups is 1. The minimum atomic E-state index is -0.189. The number of methoxy groups -OCH3 is 1. The lowest BCUT2D eigenvalue weighted by Crippen LogP contribution is -2.17. The molecule has 3 heteroatoms. The van der Waals surface area contributed by atoms with Crippen LogP contribution >= 0.6 is 0 Å². The van der Waals surface area contributed by atoms with Crippen molar-refractivity contribution in [3.63, 3.8) is 0 Å². The van der Waals surface area contributed by atoms with Crippen LogP contribution < -0.4 is 0 Å². The summed E-state index contributed by atoms with van der Waals surface area (Å²) in [5.41, 5.74) is 1.72. The van der Waals surface area contributed by atoms with Gasteiger partial charge in [0.25, 0.3) is 0 Å². The summed E-state index contributed by atoms with van der Waals surface area (Å²) in [6.07, 6.45) is 3.94. The van der Waals surface area contributed by atoms with Crippen LogP contribution in [0.15, 0.2) is 23.0 Å². The molecule has 0 fully saturated rings. The summed E-state index contributed by atoms with van der Waals surface area (Å²) in [6.45, 7) is 14.5. The van der Waals surface area contributed by atoms with E-state index in [-0.39, 0.29) is 16.8 Å². The Morgan fingerprint density at radius 2 is 1.62 bits per heavy atom.